The van der Waals surface area contributed by atoms with Gasteiger partial charge in [0.1, 0.15) is 0 Å². The molecule has 4 nitrogen and oxygen atoms in total. The van der Waals surface area contributed by atoms with Crippen LogP contribution in [-0.4, -0.2) is 20.9 Å². The largest absolute Gasteiger partial charge is 0.348 e. The Hall–Kier alpha value is -0.840. The van der Waals surface area contributed by atoms with Crippen LogP contribution in [0.5, 0.6) is 0 Å². The van der Waals surface area contributed by atoms with Crippen molar-refractivity contribution in [3.8, 4) is 0 Å². The molecule has 0 aliphatic carbocycles. The number of hydrogen-bond donors (Lipinski definition) is 2. The van der Waals surface area contributed by atoms with E-state index in [4.69, 9.17) is 0 Å². The topological polar surface area (TPSA) is 57.8 Å². The quantitative estimate of drug-likeness (QED) is 0.825. The van der Waals surface area contributed by atoms with Gasteiger partial charge in [-0.05, 0) is 12.8 Å². The van der Waals surface area contributed by atoms with Crippen molar-refractivity contribution in [2.24, 2.45) is 5.92 Å². The molecule has 5 heteroatoms. The molecule has 0 aliphatic rings. The molecule has 1 aromatic rings. The number of carbonyl (C=O) groups is 1. The average Bonchev–Trinajstić information content (AvgIpc) is 2.68. The van der Waals surface area contributed by atoms with E-state index in [0.717, 1.165) is 5.56 Å². The number of hydrogen-bond acceptors (Lipinski definition) is 2. The maximum Gasteiger partial charge on any atom is 0.234 e. The van der Waals surface area contributed by atoms with Gasteiger partial charge in [-0.3, -0.25) is 9.89 Å². The summed E-state index contributed by atoms with van der Waals surface area (Å²) in [7, 11) is 0. The van der Waals surface area contributed by atoms with Crippen LogP contribution in [0.4, 0.5) is 0 Å². The molecule has 84 valence electrons. The fourth-order valence-corrected chi connectivity index (χ4v) is 1.31. The predicted octanol–water partition coefficient (Wildman–Crippen LogP) is 2.01. The SMILES string of the molecule is CC(NC(=O)C(Br)C(C)C)c1cn[nH]c1. The Morgan fingerprint density at radius 2 is 2.20 bits per heavy atom. The van der Waals surface area contributed by atoms with Gasteiger partial charge >= 0.3 is 0 Å². The number of H-pyrrole nitrogens is 1. The summed E-state index contributed by atoms with van der Waals surface area (Å²) in [6, 6.07) is -0.0185. The number of carbonyl (C=O) groups excluding carboxylic acids is 1. The lowest BCUT2D eigenvalue weighted by Crippen LogP contribution is -2.35. The number of rotatable bonds is 4. The van der Waals surface area contributed by atoms with Crippen molar-refractivity contribution < 1.29 is 4.79 Å². The van der Waals surface area contributed by atoms with Crippen molar-refractivity contribution in [3.63, 3.8) is 0 Å². The first-order valence-corrected chi connectivity index (χ1v) is 5.87. The first kappa shape index (κ1) is 12.2. The van der Waals surface area contributed by atoms with E-state index in [2.05, 4.69) is 31.4 Å². The lowest BCUT2D eigenvalue weighted by Gasteiger charge is -2.17. The number of aromatic amines is 1. The van der Waals surface area contributed by atoms with Crippen LogP contribution in [0.25, 0.3) is 0 Å². The first-order chi connectivity index (χ1) is 7.02. The maximum absolute atomic E-state index is 11.7. The minimum absolute atomic E-state index is 0.0127. The van der Waals surface area contributed by atoms with E-state index >= 15 is 0 Å². The van der Waals surface area contributed by atoms with Crippen molar-refractivity contribution in [2.75, 3.05) is 0 Å². The molecule has 2 unspecified atom stereocenters. The van der Waals surface area contributed by atoms with E-state index in [-0.39, 0.29) is 22.7 Å². The molecule has 0 bridgehead atoms. The van der Waals surface area contributed by atoms with Gasteiger partial charge in [-0.1, -0.05) is 29.8 Å². The van der Waals surface area contributed by atoms with Crippen LogP contribution in [0.2, 0.25) is 0 Å². The second-order valence-corrected chi connectivity index (χ2v) is 4.89. The second kappa shape index (κ2) is 5.30. The Bertz CT molecular complexity index is 310. The molecule has 0 radical (unpaired) electrons. The van der Waals surface area contributed by atoms with Crippen LogP contribution < -0.4 is 5.32 Å². The summed E-state index contributed by atoms with van der Waals surface area (Å²) in [6.45, 7) is 5.94. The molecule has 2 N–H and O–H groups in total. The minimum atomic E-state index is -0.146. The number of aromatic nitrogens is 2. The molecule has 0 spiro atoms. The van der Waals surface area contributed by atoms with E-state index in [1.165, 1.54) is 0 Å². The number of alkyl halides is 1. The fraction of sp³-hybridized carbons (Fsp3) is 0.600. The van der Waals surface area contributed by atoms with Crippen molar-refractivity contribution in [2.45, 2.75) is 31.6 Å². The smallest absolute Gasteiger partial charge is 0.234 e. The summed E-state index contributed by atoms with van der Waals surface area (Å²) in [5, 5.41) is 9.48. The van der Waals surface area contributed by atoms with Crippen LogP contribution >= 0.6 is 15.9 Å². The van der Waals surface area contributed by atoms with E-state index in [1.807, 2.05) is 20.8 Å². The zero-order chi connectivity index (χ0) is 11.4. The maximum atomic E-state index is 11.7. The Morgan fingerprint density at radius 3 is 2.67 bits per heavy atom. The summed E-state index contributed by atoms with van der Waals surface area (Å²) in [6.07, 6.45) is 3.49. The van der Waals surface area contributed by atoms with Crippen molar-refractivity contribution in [1.82, 2.24) is 15.5 Å². The highest BCUT2D eigenvalue weighted by Crippen LogP contribution is 2.15. The third-order valence-corrected chi connectivity index (χ3v) is 3.69. The van der Waals surface area contributed by atoms with Crippen molar-refractivity contribution in [1.29, 1.82) is 0 Å². The Kier molecular flexibility index (Phi) is 4.32. The van der Waals surface area contributed by atoms with Gasteiger partial charge in [0.2, 0.25) is 5.91 Å². The third-order valence-electron chi connectivity index (χ3n) is 2.21. The summed E-state index contributed by atoms with van der Waals surface area (Å²) in [4.78, 5) is 11.6. The van der Waals surface area contributed by atoms with E-state index in [1.54, 1.807) is 12.4 Å². The number of halogens is 1. The monoisotopic (exact) mass is 273 g/mol. The van der Waals surface area contributed by atoms with Crippen LogP contribution in [0.15, 0.2) is 12.4 Å². The number of amides is 1. The van der Waals surface area contributed by atoms with Crippen LogP contribution in [-0.2, 0) is 4.79 Å². The molecule has 1 heterocycles. The van der Waals surface area contributed by atoms with Gasteiger partial charge in [0, 0.05) is 11.8 Å². The molecule has 1 aromatic heterocycles. The Balaban J connectivity index is 2.52. The standard InChI is InChI=1S/C10H16BrN3O/c1-6(2)9(11)10(15)14-7(3)8-4-12-13-5-8/h4-7,9H,1-3H3,(H,12,13)(H,14,15). The van der Waals surface area contributed by atoms with Crippen LogP contribution in [0, 0.1) is 5.92 Å². The van der Waals surface area contributed by atoms with Gasteiger partial charge < -0.3 is 5.32 Å². The van der Waals surface area contributed by atoms with E-state index in [0.29, 0.717) is 0 Å². The molecule has 0 aliphatic heterocycles. The highest BCUT2D eigenvalue weighted by molar-refractivity contribution is 9.10. The molecule has 0 aromatic carbocycles. The molecule has 15 heavy (non-hydrogen) atoms. The van der Waals surface area contributed by atoms with Gasteiger partial charge in [-0.2, -0.15) is 5.10 Å². The van der Waals surface area contributed by atoms with Gasteiger partial charge in [0.25, 0.3) is 0 Å². The summed E-state index contributed by atoms with van der Waals surface area (Å²) in [5.41, 5.74) is 0.979. The minimum Gasteiger partial charge on any atom is -0.348 e. The lowest BCUT2D eigenvalue weighted by molar-refractivity contribution is -0.121. The van der Waals surface area contributed by atoms with Crippen molar-refractivity contribution in [3.05, 3.63) is 18.0 Å². The average molecular weight is 274 g/mol. The van der Waals surface area contributed by atoms with E-state index < -0.39 is 0 Å². The highest BCUT2D eigenvalue weighted by Gasteiger charge is 2.20. The fourth-order valence-electron chi connectivity index (χ4n) is 1.18. The zero-order valence-corrected chi connectivity index (χ0v) is 10.7. The molecule has 0 fully saturated rings. The van der Waals surface area contributed by atoms with Crippen LogP contribution in [0.3, 0.4) is 0 Å². The highest BCUT2D eigenvalue weighted by atomic mass is 79.9. The van der Waals surface area contributed by atoms with Gasteiger partial charge in [-0.15, -0.1) is 0 Å². The van der Waals surface area contributed by atoms with Gasteiger partial charge in [0.05, 0.1) is 17.1 Å². The third kappa shape index (κ3) is 3.34. The normalized spacial score (nSPS) is 15.0. The molecule has 1 rings (SSSR count). The predicted molar refractivity (Wildman–Crippen MR) is 62.7 cm³/mol. The molecule has 0 saturated heterocycles. The number of nitrogens with one attached hydrogen (secondary N) is 2. The lowest BCUT2D eigenvalue weighted by atomic mass is 10.1. The molecular formula is C10H16BrN3O. The molecular weight excluding hydrogens is 258 g/mol. The van der Waals surface area contributed by atoms with Crippen LogP contribution in [0.1, 0.15) is 32.4 Å². The zero-order valence-electron chi connectivity index (χ0n) is 9.12. The first-order valence-electron chi connectivity index (χ1n) is 4.95. The summed E-state index contributed by atoms with van der Waals surface area (Å²) >= 11 is 3.36. The molecule has 0 saturated carbocycles. The van der Waals surface area contributed by atoms with Gasteiger partial charge in [-0.25, -0.2) is 0 Å². The molecule has 2 atom stereocenters. The second-order valence-electron chi connectivity index (χ2n) is 3.91. The van der Waals surface area contributed by atoms with Crippen molar-refractivity contribution >= 4 is 21.8 Å². The van der Waals surface area contributed by atoms with Gasteiger partial charge in [0.15, 0.2) is 0 Å². The molecule has 1 amide bonds. The Morgan fingerprint density at radius 1 is 1.53 bits per heavy atom. The van der Waals surface area contributed by atoms with E-state index in [9.17, 15) is 4.79 Å². The summed E-state index contributed by atoms with van der Waals surface area (Å²) in [5.74, 6) is 0.292. The summed E-state index contributed by atoms with van der Waals surface area (Å²) < 4.78 is 0. The Labute approximate surface area is 98.0 Å². The number of nitrogens with zero attached hydrogens (tertiary/aromatic N) is 1.